The number of carbonyl (C=O) groups is 1. The van der Waals surface area contributed by atoms with Gasteiger partial charge in [-0.15, -0.1) is 0 Å². The van der Waals surface area contributed by atoms with Crippen LogP contribution in [-0.4, -0.2) is 41.1 Å². The molecule has 0 unspecified atom stereocenters. The highest BCUT2D eigenvalue weighted by atomic mass is 32.1. The second kappa shape index (κ2) is 6.08. The van der Waals surface area contributed by atoms with Gasteiger partial charge in [-0.3, -0.25) is 4.79 Å². The fourth-order valence-electron chi connectivity index (χ4n) is 1.83. The van der Waals surface area contributed by atoms with E-state index in [4.69, 9.17) is 5.73 Å². The topological polar surface area (TPSA) is 71.2 Å². The molecule has 1 aromatic heterocycles. The van der Waals surface area contributed by atoms with Gasteiger partial charge in [0.1, 0.15) is 17.2 Å². The predicted octanol–water partition coefficient (Wildman–Crippen LogP) is 2.71. The Hall–Kier alpha value is -1.51. The van der Waals surface area contributed by atoms with Gasteiger partial charge in [0, 0.05) is 12.6 Å². The normalized spacial score (nSPS) is 15.0. The van der Waals surface area contributed by atoms with Crippen molar-refractivity contribution in [2.45, 2.75) is 38.4 Å². The number of anilines is 2. The quantitative estimate of drug-likeness (QED) is 0.845. The Kier molecular flexibility index (Phi) is 4.60. The largest absolute Gasteiger partial charge is 0.406 e. The first-order valence-electron chi connectivity index (χ1n) is 6.69. The maximum atomic E-state index is 12.5. The lowest BCUT2D eigenvalue weighted by molar-refractivity contribution is -0.140. The standard InChI is InChI=1S/C12H17F3N4OS/c1-2-5-19(6-12(13,14)15)10(20)8-9(16)18-11(21-8)17-7-3-4-7/h7H,2-6,16H2,1H3,(H,17,18). The first kappa shape index (κ1) is 15.9. The van der Waals surface area contributed by atoms with E-state index in [0.29, 0.717) is 17.6 Å². The summed E-state index contributed by atoms with van der Waals surface area (Å²) in [6.45, 7) is 0.468. The Bertz CT molecular complexity index is 513. The van der Waals surface area contributed by atoms with Gasteiger partial charge in [-0.25, -0.2) is 4.98 Å². The minimum Gasteiger partial charge on any atom is -0.382 e. The summed E-state index contributed by atoms with van der Waals surface area (Å²) in [7, 11) is 0. The average Bonchev–Trinajstić information content (AvgIpc) is 3.09. The van der Waals surface area contributed by atoms with Gasteiger partial charge in [-0.05, 0) is 19.3 Å². The van der Waals surface area contributed by atoms with Crippen LogP contribution in [0.4, 0.5) is 24.1 Å². The van der Waals surface area contributed by atoms with E-state index in [1.54, 1.807) is 6.92 Å². The monoisotopic (exact) mass is 322 g/mol. The van der Waals surface area contributed by atoms with Crippen LogP contribution in [0.25, 0.3) is 0 Å². The molecular weight excluding hydrogens is 305 g/mol. The number of thiazole rings is 1. The third-order valence-corrected chi connectivity index (χ3v) is 3.89. The smallest absolute Gasteiger partial charge is 0.382 e. The molecule has 9 heteroatoms. The summed E-state index contributed by atoms with van der Waals surface area (Å²) in [6, 6.07) is 0.334. The maximum absolute atomic E-state index is 12.5. The van der Waals surface area contributed by atoms with E-state index >= 15 is 0 Å². The van der Waals surface area contributed by atoms with E-state index in [1.165, 1.54) is 0 Å². The van der Waals surface area contributed by atoms with Crippen LogP contribution in [0.5, 0.6) is 0 Å². The molecule has 0 aliphatic heterocycles. The van der Waals surface area contributed by atoms with E-state index in [2.05, 4.69) is 10.3 Å². The molecule has 3 N–H and O–H groups in total. The summed E-state index contributed by atoms with van der Waals surface area (Å²) in [5.41, 5.74) is 5.67. The molecule has 5 nitrogen and oxygen atoms in total. The molecule has 1 aliphatic rings. The van der Waals surface area contributed by atoms with Crippen molar-refractivity contribution in [2.24, 2.45) is 0 Å². The minimum atomic E-state index is -4.43. The first-order chi connectivity index (χ1) is 9.80. The number of aromatic nitrogens is 1. The highest BCUT2D eigenvalue weighted by Crippen LogP contribution is 2.31. The number of alkyl halides is 3. The summed E-state index contributed by atoms with van der Waals surface area (Å²) in [6.07, 6.45) is -1.94. The number of hydrogen-bond acceptors (Lipinski definition) is 5. The molecule has 118 valence electrons. The Morgan fingerprint density at radius 1 is 1.52 bits per heavy atom. The Morgan fingerprint density at radius 2 is 2.19 bits per heavy atom. The van der Waals surface area contributed by atoms with Crippen LogP contribution in [-0.2, 0) is 0 Å². The number of carbonyl (C=O) groups excluding carboxylic acids is 1. The molecule has 1 aliphatic carbocycles. The second-order valence-electron chi connectivity index (χ2n) is 4.99. The van der Waals surface area contributed by atoms with Crippen LogP contribution < -0.4 is 11.1 Å². The molecule has 1 fully saturated rings. The van der Waals surface area contributed by atoms with Gasteiger partial charge in [-0.1, -0.05) is 18.3 Å². The lowest BCUT2D eigenvalue weighted by Crippen LogP contribution is -2.39. The van der Waals surface area contributed by atoms with Crippen molar-refractivity contribution in [1.82, 2.24) is 9.88 Å². The fraction of sp³-hybridized carbons (Fsp3) is 0.667. The molecule has 1 saturated carbocycles. The van der Waals surface area contributed by atoms with Crippen molar-refractivity contribution in [2.75, 3.05) is 24.1 Å². The Balaban J connectivity index is 2.13. The van der Waals surface area contributed by atoms with Gasteiger partial charge in [0.05, 0.1) is 0 Å². The summed E-state index contributed by atoms with van der Waals surface area (Å²) < 4.78 is 37.6. The molecule has 21 heavy (non-hydrogen) atoms. The number of nitrogen functional groups attached to an aromatic ring is 1. The zero-order chi connectivity index (χ0) is 15.6. The summed E-state index contributed by atoms with van der Waals surface area (Å²) in [5.74, 6) is -0.732. The molecule has 2 rings (SSSR count). The number of nitrogens with zero attached hydrogens (tertiary/aromatic N) is 2. The molecule has 1 aromatic rings. The van der Waals surface area contributed by atoms with Crippen molar-refractivity contribution < 1.29 is 18.0 Å². The van der Waals surface area contributed by atoms with Gasteiger partial charge >= 0.3 is 6.18 Å². The number of rotatable bonds is 6. The number of halogens is 3. The predicted molar refractivity (Wildman–Crippen MR) is 75.4 cm³/mol. The lowest BCUT2D eigenvalue weighted by atomic mass is 10.3. The van der Waals surface area contributed by atoms with Crippen molar-refractivity contribution in [3.8, 4) is 0 Å². The van der Waals surface area contributed by atoms with E-state index in [-0.39, 0.29) is 17.2 Å². The second-order valence-corrected chi connectivity index (χ2v) is 5.99. The molecule has 0 bridgehead atoms. The van der Waals surface area contributed by atoms with Gasteiger partial charge in [-0.2, -0.15) is 13.2 Å². The van der Waals surface area contributed by atoms with E-state index in [1.807, 2.05) is 0 Å². The van der Waals surface area contributed by atoms with Crippen LogP contribution in [0.2, 0.25) is 0 Å². The molecule has 0 spiro atoms. The third-order valence-electron chi connectivity index (χ3n) is 2.90. The molecule has 1 heterocycles. The van der Waals surface area contributed by atoms with Crippen molar-refractivity contribution >= 4 is 28.2 Å². The van der Waals surface area contributed by atoms with Gasteiger partial charge in [0.15, 0.2) is 5.13 Å². The summed E-state index contributed by atoms with van der Waals surface area (Å²) >= 11 is 1.01. The Labute approximate surface area is 124 Å². The molecule has 0 radical (unpaired) electrons. The van der Waals surface area contributed by atoms with Crippen LogP contribution in [0.1, 0.15) is 35.9 Å². The Morgan fingerprint density at radius 3 is 2.71 bits per heavy atom. The van der Waals surface area contributed by atoms with Crippen LogP contribution >= 0.6 is 11.3 Å². The van der Waals surface area contributed by atoms with Gasteiger partial charge in [0.2, 0.25) is 0 Å². The van der Waals surface area contributed by atoms with E-state index in [0.717, 1.165) is 29.1 Å². The first-order valence-corrected chi connectivity index (χ1v) is 7.50. The zero-order valence-corrected chi connectivity index (χ0v) is 12.4. The molecule has 1 amide bonds. The number of amides is 1. The van der Waals surface area contributed by atoms with Gasteiger partial charge < -0.3 is 16.0 Å². The highest BCUT2D eigenvalue weighted by Gasteiger charge is 2.34. The maximum Gasteiger partial charge on any atom is 0.406 e. The SMILES string of the molecule is CCCN(CC(F)(F)F)C(=O)c1sc(NC2CC2)nc1N. The number of hydrogen-bond donors (Lipinski definition) is 2. The molecule has 0 aromatic carbocycles. The summed E-state index contributed by atoms with van der Waals surface area (Å²) in [4.78, 5) is 17.1. The highest BCUT2D eigenvalue weighted by molar-refractivity contribution is 7.18. The number of nitrogens with two attached hydrogens (primary N) is 1. The van der Waals surface area contributed by atoms with Crippen LogP contribution in [0, 0.1) is 0 Å². The zero-order valence-electron chi connectivity index (χ0n) is 11.5. The van der Waals surface area contributed by atoms with Gasteiger partial charge in [0.25, 0.3) is 5.91 Å². The van der Waals surface area contributed by atoms with E-state index < -0.39 is 18.6 Å². The minimum absolute atomic E-state index is 0.0172. The average molecular weight is 322 g/mol. The number of nitrogens with one attached hydrogen (secondary N) is 1. The van der Waals surface area contributed by atoms with Crippen molar-refractivity contribution in [1.29, 1.82) is 0 Å². The molecule has 0 atom stereocenters. The van der Waals surface area contributed by atoms with E-state index in [9.17, 15) is 18.0 Å². The summed E-state index contributed by atoms with van der Waals surface area (Å²) in [5, 5.41) is 3.57. The van der Waals surface area contributed by atoms with Crippen LogP contribution in [0.3, 0.4) is 0 Å². The van der Waals surface area contributed by atoms with Crippen molar-refractivity contribution in [3.63, 3.8) is 0 Å². The van der Waals surface area contributed by atoms with Crippen molar-refractivity contribution in [3.05, 3.63) is 4.88 Å². The fourth-order valence-corrected chi connectivity index (χ4v) is 2.76. The molecule has 0 saturated heterocycles. The third kappa shape index (κ3) is 4.48. The molecular formula is C12H17F3N4OS. The van der Waals surface area contributed by atoms with Crippen LogP contribution in [0.15, 0.2) is 0 Å². The lowest BCUT2D eigenvalue weighted by Gasteiger charge is -2.22.